The van der Waals surface area contributed by atoms with Gasteiger partial charge in [-0.2, -0.15) is 0 Å². The maximum absolute atomic E-state index is 13.0. The normalized spacial score (nSPS) is 15.6. The van der Waals surface area contributed by atoms with E-state index in [0.717, 1.165) is 19.3 Å². The van der Waals surface area contributed by atoms with Gasteiger partial charge in [0.25, 0.3) is 5.91 Å². The summed E-state index contributed by atoms with van der Waals surface area (Å²) in [5, 5.41) is 2.92. The van der Waals surface area contributed by atoms with Crippen LogP contribution in [0.1, 0.15) is 66.3 Å². The van der Waals surface area contributed by atoms with Crippen molar-refractivity contribution in [3.63, 3.8) is 0 Å². The van der Waals surface area contributed by atoms with E-state index in [0.29, 0.717) is 5.92 Å². The van der Waals surface area contributed by atoms with E-state index in [1.54, 1.807) is 12.1 Å². The van der Waals surface area contributed by atoms with Crippen LogP contribution in [0.2, 0.25) is 0 Å². The number of benzene rings is 2. The zero-order chi connectivity index (χ0) is 20.5. The van der Waals surface area contributed by atoms with Crippen LogP contribution in [0.5, 0.6) is 0 Å². The first-order chi connectivity index (χ1) is 13.2. The summed E-state index contributed by atoms with van der Waals surface area (Å²) in [6, 6.07) is 10.4. The van der Waals surface area contributed by atoms with E-state index < -0.39 is 9.84 Å². The molecule has 5 nitrogen and oxygen atoms in total. The van der Waals surface area contributed by atoms with Gasteiger partial charge in [0.2, 0.25) is 9.84 Å². The lowest BCUT2D eigenvalue weighted by Gasteiger charge is -2.20. The van der Waals surface area contributed by atoms with E-state index in [2.05, 4.69) is 19.2 Å². The Morgan fingerprint density at radius 3 is 2.36 bits per heavy atom. The molecule has 0 aromatic heterocycles. The van der Waals surface area contributed by atoms with Crippen LogP contribution in [-0.4, -0.2) is 26.2 Å². The Hall–Kier alpha value is -2.47. The van der Waals surface area contributed by atoms with E-state index in [1.807, 2.05) is 6.92 Å². The number of ketones is 1. The Kier molecular flexibility index (Phi) is 5.70. The molecule has 1 N–H and O–H groups in total. The molecule has 1 aliphatic rings. The van der Waals surface area contributed by atoms with Crippen molar-refractivity contribution in [3.8, 4) is 0 Å². The Bertz CT molecular complexity index is 1020. The number of carbonyl (C=O) groups is 2. The highest BCUT2D eigenvalue weighted by Gasteiger charge is 2.35. The molecule has 1 unspecified atom stereocenters. The predicted molar refractivity (Wildman–Crippen MR) is 107 cm³/mol. The standard InChI is InChI=1S/C22H25NO4S/c1-14(2)7-6-8-15(3)23-22(25)16-11-12-18-20(13-16)28(26,27)19-10-5-4-9-17(19)21(18)24/h4-5,9-15H,6-8H2,1-3H3,(H,23,25). The molecule has 28 heavy (non-hydrogen) atoms. The molecule has 0 radical (unpaired) electrons. The minimum Gasteiger partial charge on any atom is -0.350 e. The summed E-state index contributed by atoms with van der Waals surface area (Å²) in [6.07, 6.45) is 2.97. The minimum absolute atomic E-state index is 0.00730. The first-order valence-corrected chi connectivity index (χ1v) is 11.0. The van der Waals surface area contributed by atoms with Crippen LogP contribution in [0.3, 0.4) is 0 Å². The molecular weight excluding hydrogens is 374 g/mol. The van der Waals surface area contributed by atoms with Crippen LogP contribution in [-0.2, 0) is 9.84 Å². The summed E-state index contributed by atoms with van der Waals surface area (Å²) in [6.45, 7) is 6.26. The highest BCUT2D eigenvalue weighted by atomic mass is 32.2. The maximum Gasteiger partial charge on any atom is 0.251 e. The molecule has 0 bridgehead atoms. The van der Waals surface area contributed by atoms with Crippen LogP contribution in [0.15, 0.2) is 52.3 Å². The number of rotatable bonds is 6. The molecule has 2 aromatic carbocycles. The van der Waals surface area contributed by atoms with Crippen molar-refractivity contribution in [1.29, 1.82) is 0 Å². The third-order valence-electron chi connectivity index (χ3n) is 5.00. The monoisotopic (exact) mass is 399 g/mol. The SMILES string of the molecule is CC(C)CCCC(C)NC(=O)c1ccc2c(c1)S(=O)(=O)c1ccccc1C2=O. The molecule has 0 fully saturated rings. The van der Waals surface area contributed by atoms with Crippen molar-refractivity contribution in [2.75, 3.05) is 0 Å². The van der Waals surface area contributed by atoms with Gasteiger partial charge in [-0.3, -0.25) is 9.59 Å². The second kappa shape index (κ2) is 7.87. The zero-order valence-electron chi connectivity index (χ0n) is 16.4. The Morgan fingerprint density at radius 1 is 0.964 bits per heavy atom. The summed E-state index contributed by atoms with van der Waals surface area (Å²) >= 11 is 0. The second-order valence-corrected chi connectivity index (χ2v) is 9.63. The third kappa shape index (κ3) is 3.87. The molecule has 1 aliphatic heterocycles. The lowest BCUT2D eigenvalue weighted by Crippen LogP contribution is -2.33. The number of hydrogen-bond donors (Lipinski definition) is 1. The third-order valence-corrected chi connectivity index (χ3v) is 6.85. The first-order valence-electron chi connectivity index (χ1n) is 9.55. The van der Waals surface area contributed by atoms with Gasteiger partial charge < -0.3 is 5.32 Å². The number of sulfone groups is 1. The fourth-order valence-corrected chi connectivity index (χ4v) is 5.11. The van der Waals surface area contributed by atoms with Gasteiger partial charge >= 0.3 is 0 Å². The number of fused-ring (bicyclic) bond motifs is 2. The molecule has 1 heterocycles. The lowest BCUT2D eigenvalue weighted by atomic mass is 10.0. The van der Waals surface area contributed by atoms with Gasteiger partial charge in [-0.1, -0.05) is 38.8 Å². The molecule has 0 aliphatic carbocycles. The molecular formula is C22H25NO4S. The van der Waals surface area contributed by atoms with E-state index >= 15 is 0 Å². The average Bonchev–Trinajstić information content (AvgIpc) is 2.65. The van der Waals surface area contributed by atoms with Gasteiger partial charge in [-0.05, 0) is 49.6 Å². The summed E-state index contributed by atoms with van der Waals surface area (Å²) < 4.78 is 25.9. The predicted octanol–water partition coefficient (Wildman–Crippen LogP) is 4.01. The summed E-state index contributed by atoms with van der Waals surface area (Å²) in [4.78, 5) is 25.1. The molecule has 2 aromatic rings. The van der Waals surface area contributed by atoms with Crippen molar-refractivity contribution in [3.05, 3.63) is 59.2 Å². The van der Waals surface area contributed by atoms with Gasteiger partial charge in [0.1, 0.15) is 0 Å². The Balaban J connectivity index is 1.85. The number of amides is 1. The van der Waals surface area contributed by atoms with Crippen molar-refractivity contribution in [1.82, 2.24) is 5.32 Å². The maximum atomic E-state index is 13.0. The minimum atomic E-state index is -3.84. The first kappa shape index (κ1) is 20.3. The molecule has 0 saturated carbocycles. The number of nitrogens with one attached hydrogen (secondary N) is 1. The van der Waals surface area contributed by atoms with Crippen molar-refractivity contribution >= 4 is 21.5 Å². The van der Waals surface area contributed by atoms with Gasteiger partial charge in [-0.15, -0.1) is 0 Å². The van der Waals surface area contributed by atoms with Gasteiger partial charge in [0.05, 0.1) is 9.79 Å². The van der Waals surface area contributed by atoms with E-state index in [9.17, 15) is 18.0 Å². The summed E-state index contributed by atoms with van der Waals surface area (Å²) in [7, 11) is -3.84. The van der Waals surface area contributed by atoms with Crippen molar-refractivity contribution in [2.45, 2.75) is 55.9 Å². The highest BCUT2D eigenvalue weighted by molar-refractivity contribution is 7.91. The van der Waals surface area contributed by atoms with Crippen molar-refractivity contribution in [2.24, 2.45) is 5.92 Å². The lowest BCUT2D eigenvalue weighted by molar-refractivity contribution is 0.0936. The average molecular weight is 400 g/mol. The van der Waals surface area contributed by atoms with Crippen molar-refractivity contribution < 1.29 is 18.0 Å². The Labute approximate surface area is 166 Å². The molecule has 1 amide bonds. The van der Waals surface area contributed by atoms with Gasteiger partial charge in [-0.25, -0.2) is 8.42 Å². The van der Waals surface area contributed by atoms with Gasteiger partial charge in [0, 0.05) is 22.7 Å². The molecule has 148 valence electrons. The number of hydrogen-bond acceptors (Lipinski definition) is 4. The van der Waals surface area contributed by atoms with Crippen LogP contribution < -0.4 is 5.32 Å². The van der Waals surface area contributed by atoms with Crippen LogP contribution in [0, 0.1) is 5.92 Å². The summed E-state index contributed by atoms with van der Waals surface area (Å²) in [5.74, 6) is -0.0510. The van der Waals surface area contributed by atoms with E-state index in [-0.39, 0.29) is 44.2 Å². The molecule has 0 saturated heterocycles. The quantitative estimate of drug-likeness (QED) is 0.679. The summed E-state index contributed by atoms with van der Waals surface area (Å²) in [5.41, 5.74) is 0.524. The Morgan fingerprint density at radius 2 is 1.64 bits per heavy atom. The van der Waals surface area contributed by atoms with Crippen LogP contribution in [0.4, 0.5) is 0 Å². The van der Waals surface area contributed by atoms with Crippen LogP contribution in [0.25, 0.3) is 0 Å². The zero-order valence-corrected chi connectivity index (χ0v) is 17.2. The largest absolute Gasteiger partial charge is 0.350 e. The second-order valence-electron chi connectivity index (χ2n) is 7.74. The molecule has 6 heteroatoms. The molecule has 1 atom stereocenters. The smallest absolute Gasteiger partial charge is 0.251 e. The fourth-order valence-electron chi connectivity index (χ4n) is 3.44. The number of carbonyl (C=O) groups excluding carboxylic acids is 2. The van der Waals surface area contributed by atoms with E-state index in [1.165, 1.54) is 30.3 Å². The van der Waals surface area contributed by atoms with Gasteiger partial charge in [0.15, 0.2) is 5.78 Å². The van der Waals surface area contributed by atoms with Crippen LogP contribution >= 0.6 is 0 Å². The topological polar surface area (TPSA) is 80.3 Å². The highest BCUT2D eigenvalue weighted by Crippen LogP contribution is 2.34. The molecule has 3 rings (SSSR count). The fraction of sp³-hybridized carbons (Fsp3) is 0.364. The van der Waals surface area contributed by atoms with E-state index in [4.69, 9.17) is 0 Å². The molecule has 0 spiro atoms.